The standard InChI is InChI=1S/C12H15ClO3/c13-11-9(3-1-6-14)4-5-10-12(11)16-8-2-7-15-10/h4-5,14H,1-3,6-8H2. The molecular formula is C12H15ClO3. The van der Waals surface area contributed by atoms with Gasteiger partial charge < -0.3 is 14.6 Å². The van der Waals surface area contributed by atoms with E-state index in [0.29, 0.717) is 30.4 Å². The van der Waals surface area contributed by atoms with Gasteiger partial charge >= 0.3 is 0 Å². The molecule has 0 bridgehead atoms. The summed E-state index contributed by atoms with van der Waals surface area (Å²) in [7, 11) is 0. The van der Waals surface area contributed by atoms with Gasteiger partial charge in [0.1, 0.15) is 0 Å². The van der Waals surface area contributed by atoms with E-state index in [4.69, 9.17) is 26.2 Å². The van der Waals surface area contributed by atoms with Gasteiger partial charge in [-0.05, 0) is 24.5 Å². The molecule has 0 saturated heterocycles. The highest BCUT2D eigenvalue weighted by Gasteiger charge is 2.16. The molecule has 2 rings (SSSR count). The van der Waals surface area contributed by atoms with E-state index in [2.05, 4.69) is 0 Å². The highest BCUT2D eigenvalue weighted by Crippen LogP contribution is 2.39. The third kappa shape index (κ3) is 2.42. The van der Waals surface area contributed by atoms with Crippen molar-refractivity contribution >= 4 is 11.6 Å². The maximum atomic E-state index is 8.80. The monoisotopic (exact) mass is 242 g/mol. The molecule has 0 aliphatic carbocycles. The lowest BCUT2D eigenvalue weighted by Gasteiger charge is -2.12. The Hall–Kier alpha value is -0.930. The maximum absolute atomic E-state index is 8.80. The van der Waals surface area contributed by atoms with Crippen molar-refractivity contribution in [2.24, 2.45) is 0 Å². The molecule has 0 amide bonds. The van der Waals surface area contributed by atoms with Crippen LogP contribution in [0.3, 0.4) is 0 Å². The maximum Gasteiger partial charge on any atom is 0.180 e. The van der Waals surface area contributed by atoms with Crippen LogP contribution in [0.15, 0.2) is 12.1 Å². The fourth-order valence-electron chi connectivity index (χ4n) is 1.71. The van der Waals surface area contributed by atoms with Gasteiger partial charge in [0.25, 0.3) is 0 Å². The number of fused-ring (bicyclic) bond motifs is 1. The van der Waals surface area contributed by atoms with Crippen molar-refractivity contribution in [1.29, 1.82) is 0 Å². The van der Waals surface area contributed by atoms with E-state index in [1.807, 2.05) is 12.1 Å². The second-order valence-corrected chi connectivity index (χ2v) is 4.12. The summed E-state index contributed by atoms with van der Waals surface area (Å²) >= 11 is 6.25. The fourth-order valence-corrected chi connectivity index (χ4v) is 2.01. The van der Waals surface area contributed by atoms with E-state index in [-0.39, 0.29) is 6.61 Å². The zero-order chi connectivity index (χ0) is 11.4. The Morgan fingerprint density at radius 3 is 2.88 bits per heavy atom. The number of hydrogen-bond donors (Lipinski definition) is 1. The fraction of sp³-hybridized carbons (Fsp3) is 0.500. The lowest BCUT2D eigenvalue weighted by Crippen LogP contribution is -1.98. The highest BCUT2D eigenvalue weighted by atomic mass is 35.5. The zero-order valence-corrected chi connectivity index (χ0v) is 9.79. The summed E-state index contributed by atoms with van der Waals surface area (Å²) in [5, 5.41) is 9.42. The van der Waals surface area contributed by atoms with Gasteiger partial charge in [0.05, 0.1) is 18.2 Å². The molecule has 0 spiro atoms. The molecule has 88 valence electrons. The Morgan fingerprint density at radius 1 is 1.25 bits per heavy atom. The van der Waals surface area contributed by atoms with Crippen LogP contribution < -0.4 is 9.47 Å². The van der Waals surface area contributed by atoms with Crippen LogP contribution in [0.4, 0.5) is 0 Å². The van der Waals surface area contributed by atoms with Crippen molar-refractivity contribution in [2.75, 3.05) is 19.8 Å². The van der Waals surface area contributed by atoms with Gasteiger partial charge in [0.15, 0.2) is 11.5 Å². The van der Waals surface area contributed by atoms with Gasteiger partial charge in [-0.1, -0.05) is 17.7 Å². The average molecular weight is 243 g/mol. The summed E-state index contributed by atoms with van der Waals surface area (Å²) < 4.78 is 11.1. The molecular weight excluding hydrogens is 228 g/mol. The summed E-state index contributed by atoms with van der Waals surface area (Å²) in [6.45, 7) is 1.47. The van der Waals surface area contributed by atoms with E-state index in [9.17, 15) is 0 Å². The Labute approximate surface area is 99.9 Å². The minimum absolute atomic E-state index is 0.171. The van der Waals surface area contributed by atoms with Gasteiger partial charge in [0.2, 0.25) is 0 Å². The minimum atomic E-state index is 0.171. The molecule has 16 heavy (non-hydrogen) atoms. The van der Waals surface area contributed by atoms with Crippen molar-refractivity contribution in [2.45, 2.75) is 19.3 Å². The third-order valence-electron chi connectivity index (χ3n) is 2.54. The molecule has 1 aromatic carbocycles. The lowest BCUT2D eigenvalue weighted by atomic mass is 10.1. The van der Waals surface area contributed by atoms with Crippen LogP contribution >= 0.6 is 11.6 Å². The van der Waals surface area contributed by atoms with Crippen LogP contribution in [0.5, 0.6) is 11.5 Å². The second-order valence-electron chi connectivity index (χ2n) is 3.74. The first kappa shape index (κ1) is 11.6. The molecule has 0 unspecified atom stereocenters. The lowest BCUT2D eigenvalue weighted by molar-refractivity contribution is 0.288. The third-order valence-corrected chi connectivity index (χ3v) is 2.95. The topological polar surface area (TPSA) is 38.7 Å². The van der Waals surface area contributed by atoms with E-state index >= 15 is 0 Å². The van der Waals surface area contributed by atoms with Crippen LogP contribution in [0.1, 0.15) is 18.4 Å². The van der Waals surface area contributed by atoms with E-state index in [1.165, 1.54) is 0 Å². The molecule has 4 heteroatoms. The van der Waals surface area contributed by atoms with Crippen LogP contribution in [-0.4, -0.2) is 24.9 Å². The zero-order valence-electron chi connectivity index (χ0n) is 9.04. The van der Waals surface area contributed by atoms with Gasteiger partial charge in [-0.15, -0.1) is 0 Å². The minimum Gasteiger partial charge on any atom is -0.490 e. The summed E-state index contributed by atoms with van der Waals surface area (Å²) in [6, 6.07) is 3.82. The molecule has 0 aromatic heterocycles. The first-order valence-electron chi connectivity index (χ1n) is 5.51. The van der Waals surface area contributed by atoms with Crippen molar-refractivity contribution in [3.63, 3.8) is 0 Å². The molecule has 1 N–H and O–H groups in total. The molecule has 1 aliphatic heterocycles. The second kappa shape index (κ2) is 5.41. The van der Waals surface area contributed by atoms with E-state index < -0.39 is 0 Å². The normalized spacial score (nSPS) is 14.6. The SMILES string of the molecule is OCCCc1ccc2c(c1Cl)OCCCO2. The van der Waals surface area contributed by atoms with Gasteiger partial charge in [-0.2, -0.15) is 0 Å². The smallest absolute Gasteiger partial charge is 0.180 e. The average Bonchev–Trinajstić information content (AvgIpc) is 2.54. The number of hydrogen-bond acceptors (Lipinski definition) is 3. The predicted molar refractivity (Wildman–Crippen MR) is 62.5 cm³/mol. The number of ether oxygens (including phenoxy) is 2. The number of aliphatic hydroxyl groups is 1. The van der Waals surface area contributed by atoms with Gasteiger partial charge in [0, 0.05) is 13.0 Å². The number of rotatable bonds is 3. The Bertz CT molecular complexity index is 366. The molecule has 0 saturated carbocycles. The largest absolute Gasteiger partial charge is 0.490 e. The molecule has 0 fully saturated rings. The van der Waals surface area contributed by atoms with Crippen molar-refractivity contribution in [3.8, 4) is 11.5 Å². The summed E-state index contributed by atoms with van der Waals surface area (Å²) in [5.41, 5.74) is 1.000. The Morgan fingerprint density at radius 2 is 2.06 bits per heavy atom. The van der Waals surface area contributed by atoms with Crippen molar-refractivity contribution in [1.82, 2.24) is 0 Å². The number of aryl methyl sites for hydroxylation is 1. The molecule has 1 heterocycles. The number of halogens is 1. The van der Waals surface area contributed by atoms with E-state index in [0.717, 1.165) is 24.2 Å². The first-order chi connectivity index (χ1) is 7.83. The quantitative estimate of drug-likeness (QED) is 0.885. The number of benzene rings is 1. The van der Waals surface area contributed by atoms with Crippen molar-refractivity contribution < 1.29 is 14.6 Å². The Kier molecular flexibility index (Phi) is 3.91. The summed E-state index contributed by atoms with van der Waals surface area (Å²) in [4.78, 5) is 0. The summed E-state index contributed by atoms with van der Waals surface area (Å²) in [6.07, 6.45) is 2.34. The van der Waals surface area contributed by atoms with E-state index in [1.54, 1.807) is 0 Å². The molecule has 0 radical (unpaired) electrons. The van der Waals surface area contributed by atoms with Crippen molar-refractivity contribution in [3.05, 3.63) is 22.7 Å². The summed E-state index contributed by atoms with van der Waals surface area (Å²) in [5.74, 6) is 1.37. The van der Waals surface area contributed by atoms with Crippen LogP contribution in [0, 0.1) is 0 Å². The molecule has 1 aliphatic rings. The predicted octanol–water partition coefficient (Wildman–Crippen LogP) is 2.43. The number of aliphatic hydroxyl groups excluding tert-OH is 1. The molecule has 3 nitrogen and oxygen atoms in total. The highest BCUT2D eigenvalue weighted by molar-refractivity contribution is 6.33. The van der Waals surface area contributed by atoms with Gasteiger partial charge in [-0.3, -0.25) is 0 Å². The van der Waals surface area contributed by atoms with Crippen LogP contribution in [0.2, 0.25) is 5.02 Å². The molecule has 1 aromatic rings. The Balaban J connectivity index is 2.26. The first-order valence-corrected chi connectivity index (χ1v) is 5.88. The van der Waals surface area contributed by atoms with Crippen LogP contribution in [0.25, 0.3) is 0 Å². The van der Waals surface area contributed by atoms with Crippen LogP contribution in [-0.2, 0) is 6.42 Å². The van der Waals surface area contributed by atoms with Gasteiger partial charge in [-0.25, -0.2) is 0 Å². The molecule has 0 atom stereocenters.